The maximum absolute atomic E-state index is 13.3. The smallest absolute Gasteiger partial charge is 0.258 e. The van der Waals surface area contributed by atoms with E-state index in [1.54, 1.807) is 30.3 Å². The summed E-state index contributed by atoms with van der Waals surface area (Å²) in [5, 5.41) is 2.91. The van der Waals surface area contributed by atoms with Crippen LogP contribution in [-0.4, -0.2) is 25.0 Å². The van der Waals surface area contributed by atoms with Crippen molar-refractivity contribution in [2.75, 3.05) is 23.4 Å². The summed E-state index contributed by atoms with van der Waals surface area (Å²) >= 11 is 0. The van der Waals surface area contributed by atoms with Gasteiger partial charge in [0.1, 0.15) is 5.60 Å². The maximum atomic E-state index is 13.3. The third-order valence-corrected chi connectivity index (χ3v) is 6.17. The van der Waals surface area contributed by atoms with E-state index in [9.17, 15) is 9.59 Å². The first-order valence-corrected chi connectivity index (χ1v) is 10.6. The molecule has 156 valence electrons. The minimum Gasteiger partial charge on any atom is -0.364 e. The first kappa shape index (κ1) is 19.5. The predicted octanol–water partition coefficient (Wildman–Crippen LogP) is 4.91. The second kappa shape index (κ2) is 7.67. The van der Waals surface area contributed by atoms with E-state index in [1.807, 2.05) is 48.2 Å². The summed E-state index contributed by atoms with van der Waals surface area (Å²) < 4.78 is 5.80. The molecule has 0 saturated carbocycles. The molecule has 1 saturated heterocycles. The minimum atomic E-state index is -0.213. The lowest BCUT2D eigenvalue weighted by molar-refractivity contribution is 0.0985. The highest BCUT2D eigenvalue weighted by Gasteiger charge is 2.49. The topological polar surface area (TPSA) is 61.9 Å². The molecule has 0 aliphatic carbocycles. The van der Waals surface area contributed by atoms with E-state index in [1.165, 1.54) is 0 Å². The number of carbonyl (C=O) groups is 2. The zero-order valence-corrected chi connectivity index (χ0v) is 17.4. The standard InChI is InChI=1S/C26H24N2O3/c1-18-7-2-3-8-21(18)24(29)27-20-13-11-19(12-14-20)25(30)28-16-6-15-26(17-31-26)22-9-4-5-10-23(22)28/h2-5,7-14H,6,15-17H2,1H3,(H,27,29). The third kappa shape index (κ3) is 3.62. The summed E-state index contributed by atoms with van der Waals surface area (Å²) in [7, 11) is 0. The van der Waals surface area contributed by atoms with E-state index in [0.29, 0.717) is 23.4 Å². The van der Waals surface area contributed by atoms with Gasteiger partial charge in [-0.2, -0.15) is 0 Å². The largest absolute Gasteiger partial charge is 0.364 e. The molecule has 2 aliphatic heterocycles. The fourth-order valence-electron chi connectivity index (χ4n) is 4.35. The van der Waals surface area contributed by atoms with Crippen LogP contribution in [0.1, 0.15) is 44.7 Å². The molecule has 1 unspecified atom stereocenters. The number of anilines is 2. The summed E-state index contributed by atoms with van der Waals surface area (Å²) in [6, 6.07) is 22.6. The summed E-state index contributed by atoms with van der Waals surface area (Å²) in [6.07, 6.45) is 1.82. The molecule has 5 heteroatoms. The van der Waals surface area contributed by atoms with Gasteiger partial charge in [-0.3, -0.25) is 9.59 Å². The fourth-order valence-corrected chi connectivity index (χ4v) is 4.35. The molecule has 0 radical (unpaired) electrons. The van der Waals surface area contributed by atoms with Crippen LogP contribution in [0.5, 0.6) is 0 Å². The number of benzene rings is 3. The Morgan fingerprint density at radius 2 is 1.68 bits per heavy atom. The van der Waals surface area contributed by atoms with Crippen molar-refractivity contribution < 1.29 is 14.3 Å². The number of fused-ring (bicyclic) bond motifs is 2. The van der Waals surface area contributed by atoms with Crippen LogP contribution in [0.2, 0.25) is 0 Å². The number of amides is 2. The van der Waals surface area contributed by atoms with Crippen molar-refractivity contribution in [3.8, 4) is 0 Å². The Kier molecular flexibility index (Phi) is 4.83. The zero-order chi connectivity index (χ0) is 21.4. The number of hydrogen-bond acceptors (Lipinski definition) is 3. The van der Waals surface area contributed by atoms with E-state index in [0.717, 1.165) is 36.3 Å². The van der Waals surface area contributed by atoms with E-state index in [2.05, 4.69) is 11.4 Å². The summed E-state index contributed by atoms with van der Waals surface area (Å²) in [5.41, 5.74) is 4.63. The Labute approximate surface area is 181 Å². The molecule has 2 amide bonds. The molecular weight excluding hydrogens is 388 g/mol. The number of aryl methyl sites for hydroxylation is 1. The molecule has 1 fully saturated rings. The highest BCUT2D eigenvalue weighted by atomic mass is 16.6. The number of hydrogen-bond donors (Lipinski definition) is 1. The normalized spacial score (nSPS) is 19.5. The first-order chi connectivity index (χ1) is 15.1. The van der Waals surface area contributed by atoms with Crippen molar-refractivity contribution in [2.45, 2.75) is 25.4 Å². The lowest BCUT2D eigenvalue weighted by Gasteiger charge is -2.23. The molecule has 3 aromatic rings. The Morgan fingerprint density at radius 3 is 2.42 bits per heavy atom. The SMILES string of the molecule is Cc1ccccc1C(=O)Nc1ccc(C(=O)N2CCCC3(CO3)c3ccccc32)cc1. The van der Waals surface area contributed by atoms with E-state index in [-0.39, 0.29) is 17.4 Å². The Bertz CT molecular complexity index is 1150. The molecule has 1 N–H and O–H groups in total. The van der Waals surface area contributed by atoms with Gasteiger partial charge in [0.15, 0.2) is 0 Å². The summed E-state index contributed by atoms with van der Waals surface area (Å²) in [6.45, 7) is 3.29. The van der Waals surface area contributed by atoms with E-state index in [4.69, 9.17) is 4.74 Å². The van der Waals surface area contributed by atoms with Crippen molar-refractivity contribution in [2.24, 2.45) is 0 Å². The van der Waals surface area contributed by atoms with Gasteiger partial charge in [0.2, 0.25) is 0 Å². The molecule has 5 nitrogen and oxygen atoms in total. The van der Waals surface area contributed by atoms with Crippen LogP contribution in [0, 0.1) is 6.92 Å². The molecule has 1 atom stereocenters. The first-order valence-electron chi connectivity index (χ1n) is 10.6. The molecule has 0 bridgehead atoms. The Hall–Kier alpha value is -3.44. The van der Waals surface area contributed by atoms with Crippen LogP contribution in [0.15, 0.2) is 72.8 Å². The maximum Gasteiger partial charge on any atom is 0.258 e. The molecule has 1 spiro atoms. The molecule has 5 rings (SSSR count). The highest BCUT2D eigenvalue weighted by Crippen LogP contribution is 2.48. The number of nitrogens with zero attached hydrogens (tertiary/aromatic N) is 1. The average molecular weight is 412 g/mol. The quantitative estimate of drug-likeness (QED) is 0.622. The van der Waals surface area contributed by atoms with Gasteiger partial charge in [0.05, 0.1) is 12.3 Å². The molecule has 2 heterocycles. The number of carbonyl (C=O) groups excluding carboxylic acids is 2. The molecule has 31 heavy (non-hydrogen) atoms. The number of nitrogens with one attached hydrogen (secondary N) is 1. The van der Waals surface area contributed by atoms with Crippen molar-refractivity contribution in [1.29, 1.82) is 0 Å². The van der Waals surface area contributed by atoms with Gasteiger partial charge in [-0.05, 0) is 61.7 Å². The van der Waals surface area contributed by atoms with Crippen LogP contribution in [0.3, 0.4) is 0 Å². The number of rotatable bonds is 3. The average Bonchev–Trinajstić information content (AvgIpc) is 3.60. The van der Waals surface area contributed by atoms with Gasteiger partial charge in [-0.25, -0.2) is 0 Å². The molecule has 0 aromatic heterocycles. The predicted molar refractivity (Wildman–Crippen MR) is 121 cm³/mol. The van der Waals surface area contributed by atoms with Crippen LogP contribution in [-0.2, 0) is 10.3 Å². The fraction of sp³-hybridized carbons (Fsp3) is 0.231. The van der Waals surface area contributed by atoms with Gasteiger partial charge in [-0.1, -0.05) is 36.4 Å². The van der Waals surface area contributed by atoms with Crippen LogP contribution in [0.4, 0.5) is 11.4 Å². The zero-order valence-electron chi connectivity index (χ0n) is 17.4. The number of ether oxygens (including phenoxy) is 1. The second-order valence-electron chi connectivity index (χ2n) is 8.21. The van der Waals surface area contributed by atoms with Crippen LogP contribution >= 0.6 is 0 Å². The van der Waals surface area contributed by atoms with E-state index < -0.39 is 0 Å². The lowest BCUT2D eigenvalue weighted by atomic mass is 9.95. The molecule has 2 aliphatic rings. The van der Waals surface area contributed by atoms with Crippen LogP contribution < -0.4 is 10.2 Å². The van der Waals surface area contributed by atoms with Gasteiger partial charge in [-0.15, -0.1) is 0 Å². The molecule has 3 aromatic carbocycles. The summed E-state index contributed by atoms with van der Waals surface area (Å²) in [5.74, 6) is -0.199. The van der Waals surface area contributed by atoms with Crippen molar-refractivity contribution >= 4 is 23.2 Å². The Morgan fingerprint density at radius 1 is 0.968 bits per heavy atom. The summed E-state index contributed by atoms with van der Waals surface area (Å²) in [4.78, 5) is 27.7. The second-order valence-corrected chi connectivity index (χ2v) is 8.21. The van der Waals surface area contributed by atoms with Gasteiger partial charge in [0, 0.05) is 28.9 Å². The minimum absolute atomic E-state index is 0.0399. The number of epoxide rings is 1. The highest BCUT2D eigenvalue weighted by molar-refractivity contribution is 6.08. The van der Waals surface area contributed by atoms with Crippen LogP contribution in [0.25, 0.3) is 0 Å². The number of para-hydroxylation sites is 1. The third-order valence-electron chi connectivity index (χ3n) is 6.17. The lowest BCUT2D eigenvalue weighted by Crippen LogP contribution is -2.31. The van der Waals surface area contributed by atoms with E-state index >= 15 is 0 Å². The monoisotopic (exact) mass is 412 g/mol. The van der Waals surface area contributed by atoms with Gasteiger partial charge in [0.25, 0.3) is 11.8 Å². The van der Waals surface area contributed by atoms with Crippen molar-refractivity contribution in [1.82, 2.24) is 0 Å². The molecular formula is C26H24N2O3. The van der Waals surface area contributed by atoms with Gasteiger partial charge < -0.3 is 15.0 Å². The Balaban J connectivity index is 1.36. The van der Waals surface area contributed by atoms with Crippen molar-refractivity contribution in [3.63, 3.8) is 0 Å². The van der Waals surface area contributed by atoms with Gasteiger partial charge >= 0.3 is 0 Å². The van der Waals surface area contributed by atoms with Crippen molar-refractivity contribution in [3.05, 3.63) is 95.1 Å².